The van der Waals surface area contributed by atoms with Crippen molar-refractivity contribution in [3.05, 3.63) is 82.3 Å². The highest BCUT2D eigenvalue weighted by Crippen LogP contribution is 2.34. The van der Waals surface area contributed by atoms with E-state index in [-0.39, 0.29) is 40.2 Å². The first-order chi connectivity index (χ1) is 20.2. The summed E-state index contributed by atoms with van der Waals surface area (Å²) >= 11 is 12.4. The molecule has 232 valence electrons. The summed E-state index contributed by atoms with van der Waals surface area (Å²) < 4.78 is 39.8. The van der Waals surface area contributed by atoms with Crippen molar-refractivity contribution in [1.29, 1.82) is 0 Å². The van der Waals surface area contributed by atoms with Gasteiger partial charge >= 0.3 is 0 Å². The Balaban J connectivity index is 2.13. The van der Waals surface area contributed by atoms with Crippen LogP contribution in [-0.4, -0.2) is 57.5 Å². The quantitative estimate of drug-likeness (QED) is 0.261. The maximum Gasteiger partial charge on any atom is 0.264 e. The summed E-state index contributed by atoms with van der Waals surface area (Å²) in [5.41, 5.74) is 0.232. The minimum atomic E-state index is -4.24. The van der Waals surface area contributed by atoms with E-state index in [1.165, 1.54) is 43.4 Å². The third-order valence-corrected chi connectivity index (χ3v) is 9.01. The van der Waals surface area contributed by atoms with Crippen LogP contribution in [-0.2, 0) is 26.2 Å². The number of halogens is 2. The van der Waals surface area contributed by atoms with Crippen LogP contribution in [0.1, 0.15) is 39.7 Å². The highest BCUT2D eigenvalue weighted by Gasteiger charge is 2.35. The molecule has 3 aromatic rings. The fourth-order valence-corrected chi connectivity index (χ4v) is 6.18. The summed E-state index contributed by atoms with van der Waals surface area (Å²) in [6, 6.07) is 16.4. The fourth-order valence-electron chi connectivity index (χ4n) is 4.44. The number of anilines is 1. The van der Waals surface area contributed by atoms with E-state index >= 15 is 0 Å². The molecule has 1 N–H and O–H groups in total. The monoisotopic (exact) mass is 649 g/mol. The van der Waals surface area contributed by atoms with Crippen LogP contribution in [0.15, 0.2) is 71.6 Å². The number of amides is 2. The number of hydrogen-bond donors (Lipinski definition) is 1. The topological polar surface area (TPSA) is 105 Å². The lowest BCUT2D eigenvalue weighted by Crippen LogP contribution is -2.55. The Morgan fingerprint density at radius 1 is 0.907 bits per heavy atom. The molecule has 12 heteroatoms. The molecule has 3 aromatic carbocycles. The number of carbonyl (C=O) groups excluding carboxylic acids is 2. The Morgan fingerprint density at radius 2 is 1.56 bits per heavy atom. The second-order valence-electron chi connectivity index (χ2n) is 10.8. The summed E-state index contributed by atoms with van der Waals surface area (Å²) in [5.74, 6) is -0.298. The molecular formula is C31H37Cl2N3O6S. The number of nitrogens with zero attached hydrogens (tertiary/aromatic N) is 2. The maximum atomic E-state index is 14.2. The van der Waals surface area contributed by atoms with Gasteiger partial charge in [0.25, 0.3) is 10.0 Å². The van der Waals surface area contributed by atoms with E-state index in [1.54, 1.807) is 49.4 Å². The maximum absolute atomic E-state index is 14.2. The number of sulfonamides is 1. The van der Waals surface area contributed by atoms with Crippen molar-refractivity contribution < 1.29 is 27.5 Å². The molecule has 1 atom stereocenters. The summed E-state index contributed by atoms with van der Waals surface area (Å²) in [6.07, 6.45) is 0.275. The van der Waals surface area contributed by atoms with Gasteiger partial charge in [0.2, 0.25) is 11.8 Å². The van der Waals surface area contributed by atoms with Crippen molar-refractivity contribution in [3.63, 3.8) is 0 Å². The largest absolute Gasteiger partial charge is 0.493 e. The summed E-state index contributed by atoms with van der Waals surface area (Å²) in [7, 11) is -1.35. The third-order valence-electron chi connectivity index (χ3n) is 6.49. The fraction of sp³-hybridized carbons (Fsp3) is 0.355. The standard InChI is InChI=1S/C31H37Cl2N3O6S/c1-7-26(30(38)34-31(2,3)4)35(19-21-13-15-24(32)25(33)17-21)29(37)20-36(43(39,40)23-11-9-8-10-12-23)22-14-16-27(41-5)28(18-22)42-6/h8-18,26H,7,19-20H2,1-6H3,(H,34,38). The number of ether oxygens (including phenoxy) is 2. The molecule has 0 fully saturated rings. The first-order valence-electron chi connectivity index (χ1n) is 13.6. The molecule has 43 heavy (non-hydrogen) atoms. The number of nitrogens with one attached hydrogen (secondary N) is 1. The minimum Gasteiger partial charge on any atom is -0.493 e. The van der Waals surface area contributed by atoms with E-state index in [2.05, 4.69) is 5.32 Å². The zero-order valence-electron chi connectivity index (χ0n) is 25.1. The SMILES string of the molecule is CCC(C(=O)NC(C)(C)C)N(Cc1ccc(Cl)c(Cl)c1)C(=O)CN(c1ccc(OC)c(OC)c1)S(=O)(=O)c1ccccc1. The van der Waals surface area contributed by atoms with Crippen molar-refractivity contribution in [2.75, 3.05) is 25.1 Å². The van der Waals surface area contributed by atoms with Gasteiger partial charge in [-0.2, -0.15) is 0 Å². The van der Waals surface area contributed by atoms with Gasteiger partial charge in [-0.1, -0.05) is 54.4 Å². The lowest BCUT2D eigenvalue weighted by atomic mass is 10.1. The molecule has 1 unspecified atom stereocenters. The first-order valence-corrected chi connectivity index (χ1v) is 15.8. The molecular weight excluding hydrogens is 613 g/mol. The lowest BCUT2D eigenvalue weighted by molar-refractivity contribution is -0.141. The van der Waals surface area contributed by atoms with E-state index < -0.39 is 34.1 Å². The van der Waals surface area contributed by atoms with Crippen LogP contribution in [0.25, 0.3) is 0 Å². The molecule has 0 spiro atoms. The third kappa shape index (κ3) is 8.55. The average Bonchev–Trinajstić information content (AvgIpc) is 2.96. The lowest BCUT2D eigenvalue weighted by Gasteiger charge is -2.35. The molecule has 0 aliphatic carbocycles. The molecule has 3 rings (SSSR count). The van der Waals surface area contributed by atoms with Crippen LogP contribution in [0.3, 0.4) is 0 Å². The van der Waals surface area contributed by atoms with Gasteiger partial charge in [-0.15, -0.1) is 0 Å². The first kappa shape index (κ1) is 34.0. The summed E-state index contributed by atoms with van der Waals surface area (Å²) in [5, 5.41) is 3.57. The zero-order chi connectivity index (χ0) is 31.9. The minimum absolute atomic E-state index is 0.00821. The second kappa shape index (κ2) is 14.3. The van der Waals surface area contributed by atoms with Gasteiger partial charge in [0.05, 0.1) is 34.8 Å². The van der Waals surface area contributed by atoms with Gasteiger partial charge in [-0.3, -0.25) is 13.9 Å². The van der Waals surface area contributed by atoms with Crippen molar-refractivity contribution in [2.24, 2.45) is 0 Å². The molecule has 0 bridgehead atoms. The average molecular weight is 651 g/mol. The predicted octanol–water partition coefficient (Wildman–Crippen LogP) is 5.93. The van der Waals surface area contributed by atoms with Gasteiger partial charge in [0, 0.05) is 18.2 Å². The number of methoxy groups -OCH3 is 2. The molecule has 0 saturated carbocycles. The van der Waals surface area contributed by atoms with Crippen molar-refractivity contribution in [1.82, 2.24) is 10.2 Å². The summed E-state index contributed by atoms with van der Waals surface area (Å²) in [6.45, 7) is 6.69. The van der Waals surface area contributed by atoms with Crippen molar-refractivity contribution >= 4 is 50.7 Å². The number of carbonyl (C=O) groups is 2. The van der Waals surface area contributed by atoms with Gasteiger partial charge < -0.3 is 19.7 Å². The normalized spacial score (nSPS) is 12.3. The van der Waals surface area contributed by atoms with Crippen LogP contribution in [0.4, 0.5) is 5.69 Å². The highest BCUT2D eigenvalue weighted by molar-refractivity contribution is 7.92. The van der Waals surface area contributed by atoms with Crippen molar-refractivity contribution in [2.45, 2.75) is 57.1 Å². The zero-order valence-corrected chi connectivity index (χ0v) is 27.4. The van der Waals surface area contributed by atoms with E-state index in [4.69, 9.17) is 32.7 Å². The molecule has 0 radical (unpaired) electrons. The van der Waals surface area contributed by atoms with E-state index in [9.17, 15) is 18.0 Å². The molecule has 0 heterocycles. The van der Waals surface area contributed by atoms with E-state index in [1.807, 2.05) is 20.8 Å². The van der Waals surface area contributed by atoms with Gasteiger partial charge in [-0.25, -0.2) is 8.42 Å². The molecule has 0 saturated heterocycles. The Bertz CT molecular complexity index is 1540. The van der Waals surface area contributed by atoms with Crippen LogP contribution in [0.5, 0.6) is 11.5 Å². The predicted molar refractivity (Wildman–Crippen MR) is 170 cm³/mol. The van der Waals surface area contributed by atoms with Crippen LogP contribution >= 0.6 is 23.2 Å². The summed E-state index contributed by atoms with van der Waals surface area (Å²) in [4.78, 5) is 29.1. The molecule has 9 nitrogen and oxygen atoms in total. The van der Waals surface area contributed by atoms with Crippen molar-refractivity contribution in [3.8, 4) is 11.5 Å². The van der Waals surface area contributed by atoms with Crippen LogP contribution < -0.4 is 19.1 Å². The molecule has 2 amide bonds. The highest BCUT2D eigenvalue weighted by atomic mass is 35.5. The Morgan fingerprint density at radius 3 is 2.12 bits per heavy atom. The Labute approximate surface area is 263 Å². The van der Waals surface area contributed by atoms with Gasteiger partial charge in [0.1, 0.15) is 12.6 Å². The molecule has 0 aliphatic rings. The van der Waals surface area contributed by atoms with Crippen LogP contribution in [0.2, 0.25) is 10.0 Å². The van der Waals surface area contributed by atoms with Gasteiger partial charge in [0.15, 0.2) is 11.5 Å². The van der Waals surface area contributed by atoms with E-state index in [0.29, 0.717) is 16.3 Å². The number of rotatable bonds is 12. The Kier molecular flexibility index (Phi) is 11.3. The van der Waals surface area contributed by atoms with Crippen LogP contribution in [0, 0.1) is 0 Å². The second-order valence-corrected chi connectivity index (χ2v) is 13.5. The number of benzene rings is 3. The van der Waals surface area contributed by atoms with E-state index in [0.717, 1.165) is 4.31 Å². The number of hydrogen-bond acceptors (Lipinski definition) is 6. The smallest absolute Gasteiger partial charge is 0.264 e. The van der Waals surface area contributed by atoms with Gasteiger partial charge in [-0.05, 0) is 69.2 Å². The molecule has 0 aliphatic heterocycles. The Hall–Kier alpha value is -3.47. The molecule has 0 aromatic heterocycles.